The Bertz CT molecular complexity index is 138. The lowest BCUT2D eigenvalue weighted by molar-refractivity contribution is -0.139. The van der Waals surface area contributed by atoms with Crippen LogP contribution in [-0.2, 0) is 4.79 Å². The average Bonchev–Trinajstić information content (AvgIpc) is 2.34. The number of carbonyl (C=O) groups is 1. The molecule has 1 aliphatic heterocycles. The minimum atomic E-state index is -0.768. The van der Waals surface area contributed by atoms with E-state index >= 15 is 0 Å². The van der Waals surface area contributed by atoms with Gasteiger partial charge in [-0.2, -0.15) is 0 Å². The third-order valence-corrected chi connectivity index (χ3v) is 1.85. The summed E-state index contributed by atoms with van der Waals surface area (Å²) in [5, 5.41) is 11.4. The zero-order valence-electron chi connectivity index (χ0n) is 5.71. The van der Waals surface area contributed by atoms with Crippen molar-refractivity contribution in [1.29, 1.82) is 0 Å². The lowest BCUT2D eigenvalue weighted by atomic mass is 10.1. The third kappa shape index (κ3) is 1.46. The largest absolute Gasteiger partial charge is 0.480 e. The molecule has 58 valence electrons. The van der Waals surface area contributed by atoms with Crippen LogP contribution in [0.1, 0.15) is 6.42 Å². The summed E-state index contributed by atoms with van der Waals surface area (Å²) >= 11 is 0. The monoisotopic (exact) mass is 144 g/mol. The fourth-order valence-electron chi connectivity index (χ4n) is 1.18. The van der Waals surface area contributed by atoms with Gasteiger partial charge in [-0.3, -0.25) is 4.79 Å². The molecule has 0 aromatic carbocycles. The number of hydrogen-bond donors (Lipinski definition) is 3. The smallest absolute Gasteiger partial charge is 0.320 e. The molecule has 10 heavy (non-hydrogen) atoms. The molecule has 1 heterocycles. The zero-order chi connectivity index (χ0) is 7.56. The van der Waals surface area contributed by atoms with Crippen LogP contribution >= 0.6 is 0 Å². The van der Waals surface area contributed by atoms with Crippen LogP contribution in [0.25, 0.3) is 0 Å². The maximum absolute atomic E-state index is 10.4. The topological polar surface area (TPSA) is 75.3 Å². The highest BCUT2D eigenvalue weighted by Crippen LogP contribution is 2.11. The van der Waals surface area contributed by atoms with Crippen LogP contribution in [0.5, 0.6) is 0 Å². The van der Waals surface area contributed by atoms with E-state index in [9.17, 15) is 4.79 Å². The molecular weight excluding hydrogens is 132 g/mol. The highest BCUT2D eigenvalue weighted by atomic mass is 16.4. The molecule has 1 rings (SSSR count). The third-order valence-electron chi connectivity index (χ3n) is 1.85. The van der Waals surface area contributed by atoms with Crippen molar-refractivity contribution in [1.82, 2.24) is 5.32 Å². The molecule has 4 N–H and O–H groups in total. The van der Waals surface area contributed by atoms with E-state index < -0.39 is 5.97 Å². The van der Waals surface area contributed by atoms with E-state index in [4.69, 9.17) is 10.8 Å². The number of hydrogen-bond acceptors (Lipinski definition) is 3. The van der Waals surface area contributed by atoms with Crippen molar-refractivity contribution >= 4 is 5.97 Å². The Morgan fingerprint density at radius 3 is 2.80 bits per heavy atom. The van der Waals surface area contributed by atoms with Crippen LogP contribution in [0.15, 0.2) is 0 Å². The molecule has 0 unspecified atom stereocenters. The lowest BCUT2D eigenvalue weighted by Gasteiger charge is -2.02. The maximum Gasteiger partial charge on any atom is 0.320 e. The first kappa shape index (κ1) is 7.50. The molecule has 0 bridgehead atoms. The summed E-state index contributed by atoms with van der Waals surface area (Å²) in [6.07, 6.45) is 0.672. The Labute approximate surface area is 59.4 Å². The summed E-state index contributed by atoms with van der Waals surface area (Å²) in [5.41, 5.74) is 5.36. The highest BCUT2D eigenvalue weighted by Gasteiger charge is 2.27. The van der Waals surface area contributed by atoms with Gasteiger partial charge in [0.15, 0.2) is 0 Å². The zero-order valence-corrected chi connectivity index (χ0v) is 5.71. The summed E-state index contributed by atoms with van der Waals surface area (Å²) in [4.78, 5) is 10.4. The van der Waals surface area contributed by atoms with Crippen molar-refractivity contribution in [2.24, 2.45) is 11.7 Å². The van der Waals surface area contributed by atoms with Gasteiger partial charge in [-0.1, -0.05) is 0 Å². The van der Waals surface area contributed by atoms with E-state index in [2.05, 4.69) is 5.32 Å². The van der Waals surface area contributed by atoms with Crippen molar-refractivity contribution in [2.75, 3.05) is 13.1 Å². The quantitative estimate of drug-likeness (QED) is 0.465. The van der Waals surface area contributed by atoms with Crippen LogP contribution < -0.4 is 11.1 Å². The van der Waals surface area contributed by atoms with Gasteiger partial charge in [0, 0.05) is 6.54 Å². The predicted molar refractivity (Wildman–Crippen MR) is 36.6 cm³/mol. The molecule has 4 nitrogen and oxygen atoms in total. The van der Waals surface area contributed by atoms with Gasteiger partial charge < -0.3 is 16.2 Å². The van der Waals surface area contributed by atoms with Crippen LogP contribution in [-0.4, -0.2) is 30.2 Å². The van der Waals surface area contributed by atoms with Crippen molar-refractivity contribution in [3.05, 3.63) is 0 Å². The van der Waals surface area contributed by atoms with E-state index in [1.165, 1.54) is 0 Å². The fourth-order valence-corrected chi connectivity index (χ4v) is 1.18. The van der Waals surface area contributed by atoms with Crippen LogP contribution in [0.2, 0.25) is 0 Å². The molecule has 1 aliphatic rings. The molecule has 0 aliphatic carbocycles. The molecule has 1 fully saturated rings. The van der Waals surface area contributed by atoms with Crippen molar-refractivity contribution in [3.63, 3.8) is 0 Å². The Balaban J connectivity index is 2.35. The molecule has 0 radical (unpaired) electrons. The van der Waals surface area contributed by atoms with Gasteiger partial charge >= 0.3 is 5.97 Å². The number of aliphatic carboxylic acids is 1. The van der Waals surface area contributed by atoms with Crippen LogP contribution in [0.3, 0.4) is 0 Å². The van der Waals surface area contributed by atoms with Gasteiger partial charge in [-0.15, -0.1) is 0 Å². The molecule has 0 aromatic heterocycles. The van der Waals surface area contributed by atoms with E-state index in [0.717, 1.165) is 6.54 Å². The van der Waals surface area contributed by atoms with E-state index in [0.29, 0.717) is 18.9 Å². The van der Waals surface area contributed by atoms with Crippen molar-refractivity contribution in [3.8, 4) is 0 Å². The second-order valence-corrected chi connectivity index (χ2v) is 2.64. The Morgan fingerprint density at radius 2 is 2.50 bits per heavy atom. The standard InChI is InChI=1S/C6H12N2O2/c7-2-4-1-5(6(9)10)8-3-4/h4-5,8H,1-3,7H2,(H,9,10)/t4-,5-/m0/s1. The Kier molecular flexibility index (Phi) is 2.24. The number of carboxylic acid groups (broad SMARTS) is 1. The summed E-state index contributed by atoms with van der Waals surface area (Å²) in [6.45, 7) is 1.32. The second-order valence-electron chi connectivity index (χ2n) is 2.64. The van der Waals surface area contributed by atoms with Gasteiger partial charge in [0.2, 0.25) is 0 Å². The van der Waals surface area contributed by atoms with E-state index in [-0.39, 0.29) is 6.04 Å². The number of rotatable bonds is 2. The van der Waals surface area contributed by atoms with Gasteiger partial charge in [0.1, 0.15) is 6.04 Å². The fraction of sp³-hybridized carbons (Fsp3) is 0.833. The van der Waals surface area contributed by atoms with E-state index in [1.54, 1.807) is 0 Å². The molecule has 0 spiro atoms. The lowest BCUT2D eigenvalue weighted by Crippen LogP contribution is -2.29. The van der Waals surface area contributed by atoms with Gasteiger partial charge in [-0.05, 0) is 18.9 Å². The molecule has 0 aromatic rings. The maximum atomic E-state index is 10.4. The highest BCUT2D eigenvalue weighted by molar-refractivity contribution is 5.73. The van der Waals surface area contributed by atoms with Crippen molar-refractivity contribution < 1.29 is 9.90 Å². The van der Waals surface area contributed by atoms with E-state index in [1.807, 2.05) is 0 Å². The molecular formula is C6H12N2O2. The minimum Gasteiger partial charge on any atom is -0.480 e. The molecule has 1 saturated heterocycles. The number of nitrogens with two attached hydrogens (primary N) is 1. The first-order chi connectivity index (χ1) is 4.74. The summed E-state index contributed by atoms with van der Waals surface area (Å²) in [6, 6.07) is -0.367. The molecule has 0 saturated carbocycles. The molecule has 4 heteroatoms. The summed E-state index contributed by atoms with van der Waals surface area (Å²) in [5.74, 6) is -0.419. The van der Waals surface area contributed by atoms with Gasteiger partial charge in [0.05, 0.1) is 0 Å². The summed E-state index contributed by atoms with van der Waals surface area (Å²) in [7, 11) is 0. The molecule has 2 atom stereocenters. The van der Waals surface area contributed by atoms with Crippen molar-refractivity contribution in [2.45, 2.75) is 12.5 Å². The second kappa shape index (κ2) is 2.98. The van der Waals surface area contributed by atoms with Crippen LogP contribution in [0, 0.1) is 5.92 Å². The Hall–Kier alpha value is -0.610. The average molecular weight is 144 g/mol. The number of nitrogens with one attached hydrogen (secondary N) is 1. The molecule has 0 amide bonds. The Morgan fingerprint density at radius 1 is 1.80 bits per heavy atom. The SMILES string of the molecule is NC[C@H]1CN[C@H](C(=O)O)C1. The first-order valence-electron chi connectivity index (χ1n) is 3.40. The van der Waals surface area contributed by atoms with Gasteiger partial charge in [-0.25, -0.2) is 0 Å². The summed E-state index contributed by atoms with van der Waals surface area (Å²) < 4.78 is 0. The predicted octanol–water partition coefficient (Wildman–Crippen LogP) is -0.992. The number of carboxylic acids is 1. The minimum absolute atomic E-state index is 0.348. The van der Waals surface area contributed by atoms with Gasteiger partial charge in [0.25, 0.3) is 0 Å². The normalized spacial score (nSPS) is 32.5. The van der Waals surface area contributed by atoms with Crippen LogP contribution in [0.4, 0.5) is 0 Å². The first-order valence-corrected chi connectivity index (χ1v) is 3.40.